The van der Waals surface area contributed by atoms with E-state index in [4.69, 9.17) is 14.0 Å². The van der Waals surface area contributed by atoms with Gasteiger partial charge in [0.15, 0.2) is 0 Å². The molecule has 2 fully saturated rings. The van der Waals surface area contributed by atoms with Crippen LogP contribution < -0.4 is 4.74 Å². The van der Waals surface area contributed by atoms with Crippen LogP contribution in [-0.4, -0.2) is 77.9 Å². The Bertz CT molecular complexity index is 1060. The number of rotatable bonds is 9. The molecule has 1 aromatic carbocycles. The highest BCUT2D eigenvalue weighted by atomic mass is 32.1. The van der Waals surface area contributed by atoms with Gasteiger partial charge in [0.1, 0.15) is 12.4 Å². The Morgan fingerprint density at radius 3 is 2.88 bits per heavy atom. The van der Waals surface area contributed by atoms with Gasteiger partial charge in [-0.15, -0.1) is 11.3 Å². The van der Waals surface area contributed by atoms with Crippen LogP contribution in [0.25, 0.3) is 10.7 Å². The zero-order chi connectivity index (χ0) is 23.2. The van der Waals surface area contributed by atoms with Gasteiger partial charge in [0.05, 0.1) is 11.0 Å². The van der Waals surface area contributed by atoms with E-state index in [9.17, 15) is 4.79 Å². The number of carbonyl (C=O) groups excluding carboxylic acids is 1. The Morgan fingerprint density at radius 2 is 2.09 bits per heavy atom. The summed E-state index contributed by atoms with van der Waals surface area (Å²) in [5.41, 5.74) is 0.677. The zero-order valence-electron chi connectivity index (χ0n) is 19.2. The number of thiophene rings is 1. The van der Waals surface area contributed by atoms with Gasteiger partial charge in [0, 0.05) is 44.8 Å². The number of carbonyl (C=O) groups is 1. The number of hydrogen-bond donors (Lipinski definition) is 0. The van der Waals surface area contributed by atoms with Gasteiger partial charge in [-0.1, -0.05) is 17.3 Å². The number of aryl methyl sites for hydroxylation is 1. The van der Waals surface area contributed by atoms with Crippen molar-refractivity contribution in [3.63, 3.8) is 0 Å². The molecule has 4 heterocycles. The lowest BCUT2D eigenvalue weighted by Crippen LogP contribution is -2.48. The normalized spacial score (nSPS) is 18.9. The lowest BCUT2D eigenvalue weighted by Gasteiger charge is -2.34. The zero-order valence-corrected chi connectivity index (χ0v) is 20.0. The number of hydrogen-bond acceptors (Lipinski definition) is 8. The van der Waals surface area contributed by atoms with Crippen molar-refractivity contribution in [3.05, 3.63) is 53.2 Å². The Balaban J connectivity index is 1.04. The molecule has 0 spiro atoms. The minimum atomic E-state index is 0.0641. The molecule has 0 bridgehead atoms. The van der Waals surface area contributed by atoms with E-state index in [0.717, 1.165) is 75.6 Å². The monoisotopic (exact) mass is 482 g/mol. The van der Waals surface area contributed by atoms with Crippen molar-refractivity contribution < 1.29 is 18.8 Å². The van der Waals surface area contributed by atoms with Crippen LogP contribution >= 0.6 is 11.3 Å². The van der Waals surface area contributed by atoms with Crippen molar-refractivity contribution in [1.82, 2.24) is 19.9 Å². The van der Waals surface area contributed by atoms with E-state index in [2.05, 4.69) is 15.0 Å². The summed E-state index contributed by atoms with van der Waals surface area (Å²) in [4.78, 5) is 22.9. The van der Waals surface area contributed by atoms with Crippen LogP contribution in [0.3, 0.4) is 0 Å². The molecule has 3 aromatic rings. The van der Waals surface area contributed by atoms with Gasteiger partial charge in [0.2, 0.25) is 11.7 Å². The molecule has 1 unspecified atom stereocenters. The van der Waals surface area contributed by atoms with Crippen molar-refractivity contribution in [3.8, 4) is 16.5 Å². The van der Waals surface area contributed by atoms with Gasteiger partial charge < -0.3 is 18.9 Å². The lowest BCUT2D eigenvalue weighted by molar-refractivity contribution is 0.0631. The summed E-state index contributed by atoms with van der Waals surface area (Å²) >= 11 is 1.61. The fourth-order valence-corrected chi connectivity index (χ4v) is 5.01. The van der Waals surface area contributed by atoms with E-state index in [1.807, 2.05) is 46.7 Å². The largest absolute Gasteiger partial charge is 0.491 e. The molecular weight excluding hydrogens is 452 g/mol. The van der Waals surface area contributed by atoms with Gasteiger partial charge in [-0.05, 0) is 55.5 Å². The molecule has 2 aliphatic heterocycles. The number of aromatic nitrogens is 2. The van der Waals surface area contributed by atoms with Crippen LogP contribution in [-0.2, 0) is 11.2 Å². The third-order valence-corrected chi connectivity index (χ3v) is 7.14. The summed E-state index contributed by atoms with van der Waals surface area (Å²) in [5.74, 6) is 2.13. The van der Waals surface area contributed by atoms with Crippen LogP contribution in [0.4, 0.5) is 0 Å². The van der Waals surface area contributed by atoms with Crippen LogP contribution in [0.5, 0.6) is 5.75 Å². The molecule has 0 saturated carbocycles. The molecule has 0 N–H and O–H groups in total. The predicted octanol–water partition coefficient (Wildman–Crippen LogP) is 3.75. The van der Waals surface area contributed by atoms with Gasteiger partial charge in [0.25, 0.3) is 5.91 Å². The quantitative estimate of drug-likeness (QED) is 0.459. The minimum absolute atomic E-state index is 0.0641. The molecule has 2 saturated heterocycles. The Labute approximate surface area is 203 Å². The number of piperazine rings is 1. The first kappa shape index (κ1) is 23.0. The fourth-order valence-electron chi connectivity index (χ4n) is 4.36. The molecule has 8 nitrogen and oxygen atoms in total. The van der Waals surface area contributed by atoms with Crippen LogP contribution in [0, 0.1) is 0 Å². The number of nitrogens with zero attached hydrogens (tertiary/aromatic N) is 4. The summed E-state index contributed by atoms with van der Waals surface area (Å²) < 4.78 is 16.9. The highest BCUT2D eigenvalue weighted by molar-refractivity contribution is 7.13. The second-order valence-corrected chi connectivity index (χ2v) is 9.65. The third-order valence-electron chi connectivity index (χ3n) is 6.28. The maximum Gasteiger partial charge on any atom is 0.254 e. The second-order valence-electron chi connectivity index (χ2n) is 8.70. The smallest absolute Gasteiger partial charge is 0.254 e. The molecule has 9 heteroatoms. The Kier molecular flexibility index (Phi) is 7.52. The SMILES string of the molecule is O=C(c1cccc(OCC2CCCO2)c1)N1CCN(CCCc2nc(-c3cccs3)no2)CC1. The first-order valence-electron chi connectivity index (χ1n) is 12.0. The molecule has 5 rings (SSSR count). The van der Waals surface area contributed by atoms with E-state index < -0.39 is 0 Å². The van der Waals surface area contributed by atoms with Crippen molar-refractivity contribution >= 4 is 17.2 Å². The van der Waals surface area contributed by atoms with Crippen molar-refractivity contribution in [2.75, 3.05) is 45.9 Å². The molecule has 2 aromatic heterocycles. The van der Waals surface area contributed by atoms with Crippen molar-refractivity contribution in [1.29, 1.82) is 0 Å². The topological polar surface area (TPSA) is 80.9 Å². The Hall–Kier alpha value is -2.75. The first-order valence-corrected chi connectivity index (χ1v) is 12.8. The van der Waals surface area contributed by atoms with Gasteiger partial charge in [-0.3, -0.25) is 9.69 Å². The minimum Gasteiger partial charge on any atom is -0.491 e. The molecule has 180 valence electrons. The van der Waals surface area contributed by atoms with Crippen LogP contribution in [0.15, 0.2) is 46.3 Å². The highest BCUT2D eigenvalue weighted by Gasteiger charge is 2.23. The first-order chi connectivity index (χ1) is 16.7. The van der Waals surface area contributed by atoms with E-state index >= 15 is 0 Å². The number of benzene rings is 1. The Morgan fingerprint density at radius 1 is 1.18 bits per heavy atom. The predicted molar refractivity (Wildman–Crippen MR) is 129 cm³/mol. The van der Waals surface area contributed by atoms with Gasteiger partial charge in [-0.2, -0.15) is 4.98 Å². The van der Waals surface area contributed by atoms with E-state index in [0.29, 0.717) is 23.9 Å². The maximum absolute atomic E-state index is 13.0. The number of amides is 1. The summed E-state index contributed by atoms with van der Waals surface area (Å²) in [6.45, 7) is 5.48. The molecule has 1 amide bonds. The van der Waals surface area contributed by atoms with E-state index in [1.54, 1.807) is 11.3 Å². The molecule has 0 radical (unpaired) electrons. The average molecular weight is 483 g/mol. The average Bonchev–Trinajstić information content (AvgIpc) is 3.66. The van der Waals surface area contributed by atoms with Crippen molar-refractivity contribution in [2.45, 2.75) is 31.8 Å². The fraction of sp³-hybridized carbons (Fsp3) is 0.480. The summed E-state index contributed by atoms with van der Waals surface area (Å²) in [6.07, 6.45) is 4.00. The van der Waals surface area contributed by atoms with E-state index in [1.165, 1.54) is 0 Å². The van der Waals surface area contributed by atoms with Crippen molar-refractivity contribution in [2.24, 2.45) is 0 Å². The van der Waals surface area contributed by atoms with Gasteiger partial charge >= 0.3 is 0 Å². The lowest BCUT2D eigenvalue weighted by atomic mass is 10.1. The summed E-state index contributed by atoms with van der Waals surface area (Å²) in [5, 5.41) is 6.08. The van der Waals surface area contributed by atoms with E-state index in [-0.39, 0.29) is 12.0 Å². The molecule has 0 aliphatic carbocycles. The van der Waals surface area contributed by atoms with Gasteiger partial charge in [-0.25, -0.2) is 0 Å². The third kappa shape index (κ3) is 5.84. The molecule has 34 heavy (non-hydrogen) atoms. The van der Waals surface area contributed by atoms with Crippen LogP contribution in [0.1, 0.15) is 35.5 Å². The standard InChI is InChI=1S/C25H30N4O4S/c30-25(19-5-1-6-20(17-19)32-18-21-7-3-15-31-21)29-13-11-28(12-14-29)10-2-9-23-26-24(27-33-23)22-8-4-16-34-22/h1,4-6,8,16-17,21H,2-3,7,9-15,18H2. The van der Waals surface area contributed by atoms with Crippen LogP contribution in [0.2, 0.25) is 0 Å². The number of ether oxygens (including phenoxy) is 2. The molecule has 1 atom stereocenters. The second kappa shape index (κ2) is 11.1. The molecular formula is C25H30N4O4S. The summed E-state index contributed by atoms with van der Waals surface area (Å²) in [7, 11) is 0. The summed E-state index contributed by atoms with van der Waals surface area (Å²) in [6, 6.07) is 11.5. The maximum atomic E-state index is 13.0. The molecule has 2 aliphatic rings. The highest BCUT2D eigenvalue weighted by Crippen LogP contribution is 2.22.